The Labute approximate surface area is 143 Å². The molecule has 2 aromatic rings. The van der Waals surface area contributed by atoms with Gasteiger partial charge in [-0.1, -0.05) is 17.3 Å². The third-order valence-corrected chi connectivity index (χ3v) is 3.80. The molecule has 8 heteroatoms. The van der Waals surface area contributed by atoms with Crippen LogP contribution in [0.15, 0.2) is 22.7 Å². The Kier molecular flexibility index (Phi) is 4.45. The first-order valence-corrected chi connectivity index (χ1v) is 7.97. The van der Waals surface area contributed by atoms with Crippen molar-refractivity contribution in [2.75, 3.05) is 0 Å². The van der Waals surface area contributed by atoms with Crippen molar-refractivity contribution < 1.29 is 22.8 Å². The van der Waals surface area contributed by atoms with E-state index >= 15 is 0 Å². The highest BCUT2D eigenvalue weighted by Gasteiger charge is 2.27. The largest absolute Gasteiger partial charge is 0.444 e. The number of fused-ring (bicyclic) bond motifs is 1. The molecule has 1 aliphatic carbocycles. The molecule has 1 aromatic heterocycles. The van der Waals surface area contributed by atoms with Gasteiger partial charge in [-0.05, 0) is 50.8 Å². The summed E-state index contributed by atoms with van der Waals surface area (Å²) in [7, 11) is 0. The number of nitrogens with zero attached hydrogens (tertiary/aromatic N) is 2. The minimum atomic E-state index is -2.79. The summed E-state index contributed by atoms with van der Waals surface area (Å²) < 4.78 is 34.9. The number of halogens is 2. The first-order chi connectivity index (χ1) is 11.7. The molecule has 134 valence electrons. The zero-order chi connectivity index (χ0) is 18.2. The SMILES string of the molecule is CC(C)(C)OC(=O)NC1CCc2cc(-c3noc(C(F)F)n3)ccc21. The number of alkyl halides is 2. The number of carbonyl (C=O) groups excluding carboxylic acids is 1. The van der Waals surface area contributed by atoms with E-state index in [1.54, 1.807) is 26.8 Å². The van der Waals surface area contributed by atoms with Gasteiger partial charge in [0.1, 0.15) is 5.60 Å². The zero-order valence-corrected chi connectivity index (χ0v) is 14.2. The maximum atomic E-state index is 12.6. The zero-order valence-electron chi connectivity index (χ0n) is 14.2. The number of amides is 1. The van der Waals surface area contributed by atoms with Gasteiger partial charge >= 0.3 is 12.5 Å². The predicted octanol–water partition coefficient (Wildman–Crippen LogP) is 4.19. The van der Waals surface area contributed by atoms with E-state index in [1.165, 1.54) is 0 Å². The van der Waals surface area contributed by atoms with Gasteiger partial charge in [-0.15, -0.1) is 0 Å². The lowest BCUT2D eigenvalue weighted by atomic mass is 10.0. The van der Waals surface area contributed by atoms with Gasteiger partial charge in [-0.3, -0.25) is 0 Å². The van der Waals surface area contributed by atoms with E-state index in [-0.39, 0.29) is 11.9 Å². The molecule has 0 spiro atoms. The molecule has 0 aliphatic heterocycles. The van der Waals surface area contributed by atoms with Gasteiger partial charge < -0.3 is 14.6 Å². The van der Waals surface area contributed by atoms with E-state index in [0.29, 0.717) is 5.56 Å². The van der Waals surface area contributed by atoms with Gasteiger partial charge in [0, 0.05) is 5.56 Å². The highest BCUT2D eigenvalue weighted by molar-refractivity contribution is 5.69. The van der Waals surface area contributed by atoms with Crippen molar-refractivity contribution in [3.05, 3.63) is 35.2 Å². The summed E-state index contributed by atoms with van der Waals surface area (Å²) in [4.78, 5) is 15.6. The van der Waals surface area contributed by atoms with Crippen LogP contribution in [0.4, 0.5) is 13.6 Å². The van der Waals surface area contributed by atoms with Gasteiger partial charge in [-0.2, -0.15) is 13.8 Å². The number of benzene rings is 1. The van der Waals surface area contributed by atoms with Crippen molar-refractivity contribution in [3.8, 4) is 11.4 Å². The molecule has 1 atom stereocenters. The molecule has 3 rings (SSSR count). The van der Waals surface area contributed by atoms with E-state index in [9.17, 15) is 13.6 Å². The lowest BCUT2D eigenvalue weighted by molar-refractivity contribution is 0.0503. The quantitative estimate of drug-likeness (QED) is 0.897. The summed E-state index contributed by atoms with van der Waals surface area (Å²) in [6.45, 7) is 5.42. The maximum Gasteiger partial charge on any atom is 0.408 e. The van der Waals surface area contributed by atoms with Crippen molar-refractivity contribution in [3.63, 3.8) is 0 Å². The van der Waals surface area contributed by atoms with Crippen molar-refractivity contribution in [2.45, 2.75) is 51.7 Å². The Bertz CT molecular complexity index is 784. The number of hydrogen-bond donors (Lipinski definition) is 1. The molecule has 1 aliphatic rings. The summed E-state index contributed by atoms with van der Waals surface area (Å²) in [6, 6.07) is 5.28. The summed E-state index contributed by atoms with van der Waals surface area (Å²) in [5.41, 5.74) is 2.04. The van der Waals surface area contributed by atoms with Crippen LogP contribution in [-0.2, 0) is 11.2 Å². The first kappa shape index (κ1) is 17.3. The Morgan fingerprint density at radius 2 is 2.16 bits per heavy atom. The first-order valence-electron chi connectivity index (χ1n) is 7.97. The second kappa shape index (κ2) is 6.42. The van der Waals surface area contributed by atoms with Crippen LogP contribution in [0.2, 0.25) is 0 Å². The van der Waals surface area contributed by atoms with E-state index < -0.39 is 24.0 Å². The van der Waals surface area contributed by atoms with Gasteiger partial charge in [0.2, 0.25) is 5.82 Å². The minimum absolute atomic E-state index is 0.127. The molecule has 1 unspecified atom stereocenters. The molecule has 6 nitrogen and oxygen atoms in total. The minimum Gasteiger partial charge on any atom is -0.444 e. The number of nitrogens with one attached hydrogen (secondary N) is 1. The number of ether oxygens (including phenoxy) is 1. The standard InChI is InChI=1S/C17H19F2N3O3/c1-17(2,3)24-16(23)20-12-7-5-9-8-10(4-6-11(9)12)14-21-15(13(18)19)25-22-14/h4,6,8,12-13H,5,7H2,1-3H3,(H,20,23). The number of aryl methyl sites for hydroxylation is 1. The Hall–Kier alpha value is -2.51. The summed E-state index contributed by atoms with van der Waals surface area (Å²) in [6.07, 6.45) is -1.76. The van der Waals surface area contributed by atoms with Crippen LogP contribution in [0, 0.1) is 0 Å². The highest BCUT2D eigenvalue weighted by Crippen LogP contribution is 2.34. The molecular formula is C17H19F2N3O3. The average molecular weight is 351 g/mol. The van der Waals surface area contributed by atoms with Crippen LogP contribution in [0.25, 0.3) is 11.4 Å². The molecular weight excluding hydrogens is 332 g/mol. The van der Waals surface area contributed by atoms with Gasteiger partial charge in [0.05, 0.1) is 6.04 Å². The lowest BCUT2D eigenvalue weighted by Crippen LogP contribution is -2.34. The van der Waals surface area contributed by atoms with E-state index in [0.717, 1.165) is 24.0 Å². The Balaban J connectivity index is 1.75. The predicted molar refractivity (Wildman–Crippen MR) is 85.1 cm³/mol. The fourth-order valence-electron chi connectivity index (χ4n) is 2.80. The Morgan fingerprint density at radius 3 is 2.80 bits per heavy atom. The number of rotatable bonds is 3. The van der Waals surface area contributed by atoms with Crippen molar-refractivity contribution in [2.24, 2.45) is 0 Å². The molecule has 0 saturated heterocycles. The number of hydrogen-bond acceptors (Lipinski definition) is 5. The number of carbonyl (C=O) groups is 1. The van der Waals surface area contributed by atoms with Crippen LogP contribution in [0.1, 0.15) is 56.7 Å². The molecule has 1 heterocycles. The number of aromatic nitrogens is 2. The van der Waals surface area contributed by atoms with Crippen LogP contribution >= 0.6 is 0 Å². The smallest absolute Gasteiger partial charge is 0.408 e. The average Bonchev–Trinajstić information content (AvgIpc) is 3.12. The lowest BCUT2D eigenvalue weighted by Gasteiger charge is -2.22. The van der Waals surface area contributed by atoms with Crippen LogP contribution in [0.3, 0.4) is 0 Å². The monoisotopic (exact) mass is 351 g/mol. The molecule has 25 heavy (non-hydrogen) atoms. The van der Waals surface area contributed by atoms with Gasteiger partial charge in [0.25, 0.3) is 5.89 Å². The van der Waals surface area contributed by atoms with Crippen molar-refractivity contribution in [1.29, 1.82) is 0 Å². The van der Waals surface area contributed by atoms with Crippen molar-refractivity contribution >= 4 is 6.09 Å². The molecule has 0 radical (unpaired) electrons. The third kappa shape index (κ3) is 3.94. The molecule has 1 amide bonds. The van der Waals surface area contributed by atoms with Gasteiger partial charge in [-0.25, -0.2) is 4.79 Å². The Morgan fingerprint density at radius 1 is 1.40 bits per heavy atom. The molecule has 1 aromatic carbocycles. The van der Waals surface area contributed by atoms with Crippen molar-refractivity contribution in [1.82, 2.24) is 15.5 Å². The fraction of sp³-hybridized carbons (Fsp3) is 0.471. The van der Waals surface area contributed by atoms with Crippen LogP contribution in [0.5, 0.6) is 0 Å². The third-order valence-electron chi connectivity index (χ3n) is 3.80. The summed E-state index contributed by atoms with van der Waals surface area (Å²) in [5, 5.41) is 6.44. The van der Waals surface area contributed by atoms with Gasteiger partial charge in [0.15, 0.2) is 0 Å². The molecule has 0 bridgehead atoms. The summed E-state index contributed by atoms with van der Waals surface area (Å²) in [5.74, 6) is -0.568. The van der Waals surface area contributed by atoms with E-state index in [4.69, 9.17) is 4.74 Å². The second-order valence-corrected chi connectivity index (χ2v) is 6.91. The van der Waals surface area contributed by atoms with E-state index in [2.05, 4.69) is 20.0 Å². The second-order valence-electron chi connectivity index (χ2n) is 6.91. The van der Waals surface area contributed by atoms with Crippen LogP contribution in [-0.4, -0.2) is 21.8 Å². The normalized spacial score (nSPS) is 16.8. The topological polar surface area (TPSA) is 77.2 Å². The summed E-state index contributed by atoms with van der Waals surface area (Å²) >= 11 is 0. The maximum absolute atomic E-state index is 12.6. The molecule has 0 saturated carbocycles. The van der Waals surface area contributed by atoms with E-state index in [1.807, 2.05) is 12.1 Å². The fourth-order valence-corrected chi connectivity index (χ4v) is 2.80. The number of alkyl carbamates (subject to hydrolysis) is 1. The molecule has 1 N–H and O–H groups in total. The molecule has 0 fully saturated rings. The van der Waals surface area contributed by atoms with Crippen LogP contribution < -0.4 is 5.32 Å². The highest BCUT2D eigenvalue weighted by atomic mass is 19.3.